The molecule has 312 valence electrons. The van der Waals surface area contributed by atoms with E-state index >= 15 is 0 Å². The Hall–Kier alpha value is -0.840. The number of hydrogen-bond donors (Lipinski definition) is 0. The van der Waals surface area contributed by atoms with E-state index in [9.17, 15) is 0 Å². The molecule has 2 heteroatoms. The van der Waals surface area contributed by atoms with Crippen molar-refractivity contribution in [2.75, 3.05) is 12.3 Å². The fourth-order valence-electron chi connectivity index (χ4n) is 9.00. The minimum absolute atomic E-state index is 1.15. The van der Waals surface area contributed by atoms with Gasteiger partial charge in [0.05, 0.1) is 0 Å². The predicted octanol–water partition coefficient (Wildman–Crippen LogP) is 18.4. The third-order valence-electron chi connectivity index (χ3n) is 12.7. The third-order valence-corrected chi connectivity index (χ3v) is 20.3. The van der Waals surface area contributed by atoms with Gasteiger partial charge in [0.1, 0.15) is 0 Å². The Labute approximate surface area is 344 Å². The normalized spacial score (nSPS) is 12.6. The van der Waals surface area contributed by atoms with Crippen molar-refractivity contribution in [1.29, 1.82) is 0 Å². The van der Waals surface area contributed by atoms with Gasteiger partial charge in [-0.05, 0) is 0 Å². The first-order valence-corrected chi connectivity index (χ1v) is 28.0. The first-order valence-electron chi connectivity index (χ1n) is 24.5. The Morgan fingerprint density at radius 2 is 0.463 bits per heavy atom. The van der Waals surface area contributed by atoms with Crippen LogP contribution in [0.4, 0.5) is 0 Å². The first-order chi connectivity index (χ1) is 26.6. The summed E-state index contributed by atoms with van der Waals surface area (Å²) in [5.74, 6) is -2.81. The third kappa shape index (κ3) is 22.8. The molecule has 0 aliphatic rings. The van der Waals surface area contributed by atoms with Gasteiger partial charge in [0.25, 0.3) is 0 Å². The van der Waals surface area contributed by atoms with Gasteiger partial charge in [-0.1, -0.05) is 104 Å². The van der Waals surface area contributed by atoms with Crippen LogP contribution in [0.25, 0.3) is 0 Å². The molecule has 0 aliphatic carbocycles. The summed E-state index contributed by atoms with van der Waals surface area (Å²) in [6.45, 7) is 4.62. The van der Waals surface area contributed by atoms with Gasteiger partial charge in [0.2, 0.25) is 0 Å². The zero-order valence-electron chi connectivity index (χ0n) is 36.5. The van der Waals surface area contributed by atoms with Crippen LogP contribution in [0, 0.1) is 0 Å². The van der Waals surface area contributed by atoms with Crippen molar-refractivity contribution in [1.82, 2.24) is 0 Å². The SMILES string of the molecule is CCCCCCCCCCCCCCCCCCCCP(Cl)(CCCCCCCCCCCCCCCCCCCC)(c1ccccc1)c1ccccc1. The maximum atomic E-state index is 8.33. The number of rotatable bonds is 40. The summed E-state index contributed by atoms with van der Waals surface area (Å²) in [6.07, 6.45) is 53.4. The van der Waals surface area contributed by atoms with E-state index in [1.54, 1.807) is 0 Å². The Morgan fingerprint density at radius 1 is 0.278 bits per heavy atom. The van der Waals surface area contributed by atoms with E-state index in [4.69, 9.17) is 11.2 Å². The average Bonchev–Trinajstić information content (AvgIpc) is 3.20. The van der Waals surface area contributed by atoms with E-state index in [1.807, 2.05) is 0 Å². The molecular formula is C52H92ClP. The molecule has 2 aromatic rings. The van der Waals surface area contributed by atoms with Crippen LogP contribution in [0.1, 0.15) is 245 Å². The Morgan fingerprint density at radius 3 is 0.667 bits per heavy atom. The molecule has 0 atom stereocenters. The predicted molar refractivity (Wildman–Crippen MR) is 252 cm³/mol. The fourth-order valence-corrected chi connectivity index (χ4v) is 15.4. The van der Waals surface area contributed by atoms with Crippen LogP contribution in [0.5, 0.6) is 0 Å². The summed E-state index contributed by atoms with van der Waals surface area (Å²) in [4.78, 5) is 0. The van der Waals surface area contributed by atoms with Crippen molar-refractivity contribution >= 4 is 27.8 Å². The molecule has 0 N–H and O–H groups in total. The van der Waals surface area contributed by atoms with E-state index in [1.165, 1.54) is 242 Å². The molecule has 0 aliphatic heterocycles. The van der Waals surface area contributed by atoms with Crippen LogP contribution in [0.2, 0.25) is 0 Å². The van der Waals surface area contributed by atoms with Gasteiger partial charge in [-0.25, -0.2) is 0 Å². The molecule has 2 rings (SSSR count). The standard InChI is InChI=1S/C52H92ClP/c1-3-5-7-9-11-13-15-17-19-21-23-25-27-29-31-33-35-43-49-54(53,51-45-39-37-40-46-51,52-47-41-38-42-48-52)50-44-36-34-32-30-28-26-24-22-20-18-16-14-12-10-8-6-4-2/h37-42,45-48H,3-36,43-44,49-50H2,1-2H3. The zero-order valence-corrected chi connectivity index (χ0v) is 38.1. The average molecular weight is 784 g/mol. The van der Waals surface area contributed by atoms with Crippen molar-refractivity contribution in [3.05, 3.63) is 60.7 Å². The maximum absolute atomic E-state index is 8.33. The summed E-state index contributed by atoms with van der Waals surface area (Å²) in [5, 5.41) is 2.85. The van der Waals surface area contributed by atoms with E-state index in [-0.39, 0.29) is 0 Å². The van der Waals surface area contributed by atoms with E-state index < -0.39 is 5.96 Å². The summed E-state index contributed by atoms with van der Waals surface area (Å²) >= 11 is 8.33. The van der Waals surface area contributed by atoms with Gasteiger partial charge < -0.3 is 0 Å². The topological polar surface area (TPSA) is 0 Å². The van der Waals surface area contributed by atoms with Crippen LogP contribution >= 0.6 is 17.2 Å². The van der Waals surface area contributed by atoms with Crippen molar-refractivity contribution in [2.24, 2.45) is 0 Å². The van der Waals surface area contributed by atoms with Crippen LogP contribution in [-0.4, -0.2) is 12.3 Å². The molecule has 0 aromatic heterocycles. The molecule has 0 unspecified atom stereocenters. The van der Waals surface area contributed by atoms with Crippen molar-refractivity contribution in [2.45, 2.75) is 245 Å². The summed E-state index contributed by atoms with van der Waals surface area (Å²) in [5.41, 5.74) is 0. The molecule has 0 bridgehead atoms. The number of halogens is 1. The molecular weight excluding hydrogens is 691 g/mol. The quantitative estimate of drug-likeness (QED) is 0.0466. The Bertz CT molecular complexity index is 967. The molecule has 0 saturated heterocycles. The van der Waals surface area contributed by atoms with Crippen LogP contribution in [0.3, 0.4) is 0 Å². The molecule has 0 spiro atoms. The summed E-state index contributed by atoms with van der Waals surface area (Å²) in [7, 11) is 0. The zero-order chi connectivity index (χ0) is 38.5. The second-order valence-corrected chi connectivity index (χ2v) is 24.6. The number of unbranched alkanes of at least 4 members (excludes halogenated alkanes) is 34. The molecule has 0 nitrogen and oxygen atoms in total. The van der Waals surface area contributed by atoms with Crippen molar-refractivity contribution in [3.8, 4) is 0 Å². The molecule has 2 aromatic carbocycles. The van der Waals surface area contributed by atoms with Gasteiger partial charge in [-0.3, -0.25) is 0 Å². The minimum atomic E-state index is -2.81. The molecule has 0 radical (unpaired) electrons. The van der Waals surface area contributed by atoms with Crippen LogP contribution in [-0.2, 0) is 0 Å². The molecule has 0 saturated carbocycles. The summed E-state index contributed by atoms with van der Waals surface area (Å²) < 4.78 is 0. The second-order valence-electron chi connectivity index (χ2n) is 17.5. The van der Waals surface area contributed by atoms with Gasteiger partial charge in [0.15, 0.2) is 0 Å². The van der Waals surface area contributed by atoms with Gasteiger partial charge in [0, 0.05) is 0 Å². The first kappa shape index (κ1) is 49.3. The molecule has 0 heterocycles. The number of hydrogen-bond acceptors (Lipinski definition) is 0. The van der Waals surface area contributed by atoms with E-state index in [2.05, 4.69) is 74.5 Å². The molecule has 0 fully saturated rings. The second kappa shape index (κ2) is 34.2. The van der Waals surface area contributed by atoms with Crippen molar-refractivity contribution < 1.29 is 0 Å². The Balaban J connectivity index is 1.64. The van der Waals surface area contributed by atoms with E-state index in [0.717, 1.165) is 12.3 Å². The van der Waals surface area contributed by atoms with E-state index in [0.29, 0.717) is 0 Å². The van der Waals surface area contributed by atoms with Crippen LogP contribution < -0.4 is 10.6 Å². The van der Waals surface area contributed by atoms with Gasteiger partial charge in [-0.15, -0.1) is 0 Å². The molecule has 54 heavy (non-hydrogen) atoms. The number of benzene rings is 2. The summed E-state index contributed by atoms with van der Waals surface area (Å²) in [6, 6.07) is 22.7. The monoisotopic (exact) mass is 783 g/mol. The van der Waals surface area contributed by atoms with Gasteiger partial charge >= 0.3 is 242 Å². The van der Waals surface area contributed by atoms with Crippen molar-refractivity contribution in [3.63, 3.8) is 0 Å². The Kier molecular flexibility index (Phi) is 31.2. The van der Waals surface area contributed by atoms with Gasteiger partial charge in [-0.2, -0.15) is 0 Å². The fraction of sp³-hybridized carbons (Fsp3) is 0.769. The van der Waals surface area contributed by atoms with Crippen LogP contribution in [0.15, 0.2) is 60.7 Å². The molecule has 0 amide bonds.